The van der Waals surface area contributed by atoms with Crippen molar-refractivity contribution in [3.8, 4) is 0 Å². The van der Waals surface area contributed by atoms with Crippen LogP contribution in [0.1, 0.15) is 111 Å². The summed E-state index contributed by atoms with van der Waals surface area (Å²) in [4.78, 5) is 16.1. The van der Waals surface area contributed by atoms with Crippen LogP contribution in [0.4, 0.5) is 0 Å². The van der Waals surface area contributed by atoms with Crippen LogP contribution in [-0.2, 0) is 9.53 Å². The Balaban J connectivity index is 1.34. The first-order chi connectivity index (χ1) is 16.3. The SMILES string of the molecule is CCOC[C@@]1(O)CC[C@]2(CC)C3CC[C@]4(C)[C@@H](C(=O)N5CCCC[C@@H]5C)CC[C@H]4[C@@H]3CC[C@H]2C1. The summed E-state index contributed by atoms with van der Waals surface area (Å²) in [6.07, 6.45) is 15.4. The van der Waals surface area contributed by atoms with Gasteiger partial charge in [-0.3, -0.25) is 4.79 Å². The maximum atomic E-state index is 13.8. The number of likely N-dealkylation sites (tertiary alicyclic amines) is 1. The first-order valence-corrected chi connectivity index (χ1v) is 14.9. The third-order valence-corrected chi connectivity index (χ3v) is 12.1. The number of carbonyl (C=O) groups is 1. The average Bonchev–Trinajstić information content (AvgIpc) is 3.19. The number of piperidine rings is 1. The Hall–Kier alpha value is -0.610. The molecule has 1 N–H and O–H groups in total. The minimum absolute atomic E-state index is 0.196. The monoisotopic (exact) mass is 473 g/mol. The van der Waals surface area contributed by atoms with Gasteiger partial charge in [0.15, 0.2) is 0 Å². The van der Waals surface area contributed by atoms with Crippen molar-refractivity contribution in [1.82, 2.24) is 4.90 Å². The molecule has 1 saturated heterocycles. The molecule has 4 saturated carbocycles. The van der Waals surface area contributed by atoms with E-state index >= 15 is 0 Å². The molecule has 0 bridgehead atoms. The Labute approximate surface area is 208 Å². The van der Waals surface area contributed by atoms with E-state index < -0.39 is 5.60 Å². The highest BCUT2D eigenvalue weighted by Gasteiger charge is 2.63. The van der Waals surface area contributed by atoms with Gasteiger partial charge in [-0.1, -0.05) is 13.8 Å². The van der Waals surface area contributed by atoms with Crippen LogP contribution in [-0.4, -0.2) is 47.3 Å². The molecule has 1 unspecified atom stereocenters. The number of nitrogens with zero attached hydrogens (tertiary/aromatic N) is 1. The highest BCUT2D eigenvalue weighted by molar-refractivity contribution is 5.80. The van der Waals surface area contributed by atoms with Crippen LogP contribution in [0, 0.1) is 40.4 Å². The van der Waals surface area contributed by atoms with Gasteiger partial charge in [0.25, 0.3) is 0 Å². The predicted molar refractivity (Wildman–Crippen MR) is 136 cm³/mol. The Morgan fingerprint density at radius 1 is 1.00 bits per heavy atom. The molecule has 4 heteroatoms. The maximum Gasteiger partial charge on any atom is 0.226 e. The topological polar surface area (TPSA) is 49.8 Å². The van der Waals surface area contributed by atoms with E-state index in [0.29, 0.717) is 42.4 Å². The van der Waals surface area contributed by atoms with E-state index in [1.165, 1.54) is 57.8 Å². The third-order valence-electron chi connectivity index (χ3n) is 12.1. The summed E-state index contributed by atoms with van der Waals surface area (Å²) in [5.74, 6) is 3.66. The molecule has 4 aliphatic carbocycles. The van der Waals surface area contributed by atoms with Gasteiger partial charge in [0.1, 0.15) is 0 Å². The van der Waals surface area contributed by atoms with Gasteiger partial charge >= 0.3 is 0 Å². The molecule has 9 atom stereocenters. The van der Waals surface area contributed by atoms with Gasteiger partial charge in [-0.2, -0.15) is 0 Å². The smallest absolute Gasteiger partial charge is 0.226 e. The zero-order valence-electron chi connectivity index (χ0n) is 22.5. The lowest BCUT2D eigenvalue weighted by Gasteiger charge is -2.63. The highest BCUT2D eigenvalue weighted by Crippen LogP contribution is 2.69. The maximum absolute atomic E-state index is 13.8. The first kappa shape index (κ1) is 25.1. The molecule has 0 radical (unpaired) electrons. The van der Waals surface area contributed by atoms with Crippen molar-refractivity contribution in [1.29, 1.82) is 0 Å². The van der Waals surface area contributed by atoms with Crippen LogP contribution in [0.25, 0.3) is 0 Å². The number of hydrogen-bond acceptors (Lipinski definition) is 3. The molecule has 1 aliphatic heterocycles. The van der Waals surface area contributed by atoms with Crippen LogP contribution in [0.3, 0.4) is 0 Å². The molecule has 5 aliphatic rings. The number of hydrogen-bond donors (Lipinski definition) is 1. The Morgan fingerprint density at radius 3 is 2.56 bits per heavy atom. The van der Waals surface area contributed by atoms with Gasteiger partial charge in [-0.15, -0.1) is 0 Å². The predicted octanol–water partition coefficient (Wildman–Crippen LogP) is 6.20. The molecule has 1 amide bonds. The van der Waals surface area contributed by atoms with Gasteiger partial charge in [0.2, 0.25) is 5.91 Å². The lowest BCUT2D eigenvalue weighted by molar-refractivity contribution is -0.175. The molecular weight excluding hydrogens is 422 g/mol. The van der Waals surface area contributed by atoms with E-state index in [2.05, 4.69) is 25.7 Å². The minimum atomic E-state index is -0.620. The summed E-state index contributed by atoms with van der Waals surface area (Å²) in [6.45, 7) is 11.4. The van der Waals surface area contributed by atoms with Gasteiger partial charge in [0, 0.05) is 25.1 Å². The van der Waals surface area contributed by atoms with E-state index in [1.54, 1.807) is 0 Å². The second kappa shape index (κ2) is 9.36. The summed E-state index contributed by atoms with van der Waals surface area (Å²) >= 11 is 0. The number of aliphatic hydroxyl groups is 1. The quantitative estimate of drug-likeness (QED) is 0.517. The second-order valence-corrected chi connectivity index (χ2v) is 13.4. The summed E-state index contributed by atoms with van der Waals surface area (Å²) < 4.78 is 5.70. The molecule has 0 aromatic heterocycles. The van der Waals surface area contributed by atoms with Crippen LogP contribution in [0.5, 0.6) is 0 Å². The first-order valence-electron chi connectivity index (χ1n) is 14.9. The number of rotatable bonds is 5. The lowest BCUT2D eigenvalue weighted by Crippen LogP contribution is -2.58. The van der Waals surface area contributed by atoms with E-state index in [1.807, 2.05) is 6.92 Å². The van der Waals surface area contributed by atoms with Crippen molar-refractivity contribution < 1.29 is 14.6 Å². The fourth-order valence-electron chi connectivity index (χ4n) is 10.3. The molecule has 0 spiro atoms. The molecule has 34 heavy (non-hydrogen) atoms. The van der Waals surface area contributed by atoms with E-state index in [4.69, 9.17) is 4.74 Å². The normalized spacial score (nSPS) is 48.7. The van der Waals surface area contributed by atoms with E-state index in [9.17, 15) is 9.90 Å². The molecule has 0 aromatic carbocycles. The number of amides is 1. The van der Waals surface area contributed by atoms with Crippen molar-refractivity contribution in [3.63, 3.8) is 0 Å². The van der Waals surface area contributed by atoms with E-state index in [-0.39, 0.29) is 11.3 Å². The van der Waals surface area contributed by atoms with Gasteiger partial charge < -0.3 is 14.7 Å². The summed E-state index contributed by atoms with van der Waals surface area (Å²) in [5.41, 5.74) is -0.0287. The standard InChI is InChI=1S/C30H51NO3/c1-5-30-17-16-29(33,20-34-6-2)19-22(30)10-11-23-24-12-13-26(28(24,4)15-14-25(23)30)27(32)31-18-8-7-9-21(31)3/h21-26,33H,5-20H2,1-4H3/t21-,22-,23-,24-,25?,26+,28-,29+,30-/m0/s1. The molecule has 5 rings (SSSR count). The van der Waals surface area contributed by atoms with Crippen LogP contribution < -0.4 is 0 Å². The molecule has 1 heterocycles. The Morgan fingerprint density at radius 2 is 1.82 bits per heavy atom. The molecule has 4 nitrogen and oxygen atoms in total. The zero-order chi connectivity index (χ0) is 24.1. The van der Waals surface area contributed by atoms with Gasteiger partial charge in [-0.05, 0) is 132 Å². The summed E-state index contributed by atoms with van der Waals surface area (Å²) in [6, 6.07) is 0.428. The van der Waals surface area contributed by atoms with Crippen LogP contribution in [0.15, 0.2) is 0 Å². The third kappa shape index (κ3) is 3.88. The number of carbonyl (C=O) groups excluding carboxylic acids is 1. The molecule has 5 fully saturated rings. The van der Waals surface area contributed by atoms with Gasteiger partial charge in [-0.25, -0.2) is 0 Å². The van der Waals surface area contributed by atoms with Crippen molar-refractivity contribution in [2.24, 2.45) is 40.4 Å². The van der Waals surface area contributed by atoms with E-state index in [0.717, 1.165) is 44.1 Å². The lowest BCUT2D eigenvalue weighted by atomic mass is 9.42. The number of ether oxygens (including phenoxy) is 1. The fourth-order valence-corrected chi connectivity index (χ4v) is 10.3. The molecular formula is C30H51NO3. The van der Waals surface area contributed by atoms with Crippen LogP contribution in [0.2, 0.25) is 0 Å². The van der Waals surface area contributed by atoms with Crippen molar-refractivity contribution in [3.05, 3.63) is 0 Å². The number of fused-ring (bicyclic) bond motifs is 5. The summed E-state index contributed by atoms with van der Waals surface area (Å²) in [5, 5.41) is 11.3. The minimum Gasteiger partial charge on any atom is -0.387 e. The zero-order valence-corrected chi connectivity index (χ0v) is 22.5. The Bertz CT molecular complexity index is 755. The molecule has 194 valence electrons. The average molecular weight is 474 g/mol. The summed E-state index contributed by atoms with van der Waals surface area (Å²) in [7, 11) is 0. The second-order valence-electron chi connectivity index (χ2n) is 13.4. The highest BCUT2D eigenvalue weighted by atomic mass is 16.5. The van der Waals surface area contributed by atoms with Crippen LogP contribution >= 0.6 is 0 Å². The van der Waals surface area contributed by atoms with Crippen molar-refractivity contribution in [2.75, 3.05) is 19.8 Å². The van der Waals surface area contributed by atoms with Crippen molar-refractivity contribution in [2.45, 2.75) is 123 Å². The Kier molecular flexibility index (Phi) is 6.90. The van der Waals surface area contributed by atoms with Gasteiger partial charge in [0.05, 0.1) is 12.2 Å². The van der Waals surface area contributed by atoms with Crippen molar-refractivity contribution >= 4 is 5.91 Å². The molecule has 0 aromatic rings. The fraction of sp³-hybridized carbons (Fsp3) is 0.967. The largest absolute Gasteiger partial charge is 0.387 e.